The summed E-state index contributed by atoms with van der Waals surface area (Å²) >= 11 is 11.4. The molecule has 0 aliphatic rings. The average molecular weight is 333 g/mol. The van der Waals surface area contributed by atoms with E-state index < -0.39 is 15.9 Å². The lowest BCUT2D eigenvalue weighted by atomic mass is 10.2. The van der Waals surface area contributed by atoms with Gasteiger partial charge in [-0.1, -0.05) is 41.4 Å². The van der Waals surface area contributed by atoms with Crippen molar-refractivity contribution in [2.24, 2.45) is 0 Å². The Balaban J connectivity index is 2.29. The number of amides is 1. The van der Waals surface area contributed by atoms with Gasteiger partial charge in [0, 0.05) is 0 Å². The Labute approximate surface area is 126 Å². The number of aryl methyl sites for hydroxylation is 1. The fourth-order valence-corrected chi connectivity index (χ4v) is 3.14. The number of hydrogen-bond donors (Lipinski definition) is 2. The van der Waals surface area contributed by atoms with Gasteiger partial charge in [-0.15, -0.1) is 0 Å². The van der Waals surface area contributed by atoms with Crippen LogP contribution in [0.1, 0.15) is 16.1 Å². The number of benzene rings is 1. The van der Waals surface area contributed by atoms with Crippen LogP contribution in [0.4, 0.5) is 0 Å². The molecule has 5 nitrogen and oxygen atoms in total. The average Bonchev–Trinajstić information content (AvgIpc) is 2.69. The van der Waals surface area contributed by atoms with Crippen molar-refractivity contribution in [2.75, 3.05) is 0 Å². The third-order valence-electron chi connectivity index (χ3n) is 2.58. The van der Waals surface area contributed by atoms with E-state index in [1.165, 1.54) is 12.1 Å². The number of nitrogens with one attached hydrogen (secondary N) is 2. The van der Waals surface area contributed by atoms with Crippen molar-refractivity contribution in [1.82, 2.24) is 9.71 Å². The zero-order chi connectivity index (χ0) is 14.9. The van der Waals surface area contributed by atoms with Gasteiger partial charge >= 0.3 is 0 Å². The fraction of sp³-hybridized carbons (Fsp3) is 0.0833. The topological polar surface area (TPSA) is 79.0 Å². The van der Waals surface area contributed by atoms with Gasteiger partial charge in [0.15, 0.2) is 0 Å². The Morgan fingerprint density at radius 1 is 1.25 bits per heavy atom. The smallest absolute Gasteiger partial charge is 0.281 e. The lowest BCUT2D eigenvalue weighted by Crippen LogP contribution is -2.31. The van der Waals surface area contributed by atoms with Crippen LogP contribution in [0, 0.1) is 6.92 Å². The molecule has 0 fully saturated rings. The van der Waals surface area contributed by atoms with Crippen molar-refractivity contribution < 1.29 is 13.2 Å². The van der Waals surface area contributed by atoms with Crippen molar-refractivity contribution in [3.8, 4) is 0 Å². The molecule has 1 amide bonds. The SMILES string of the molecule is Cc1ccccc1S(=O)(=O)NC(=O)c1cc(Cl)c(Cl)[nH]1. The summed E-state index contributed by atoms with van der Waals surface area (Å²) in [4.78, 5) is 14.4. The number of carbonyl (C=O) groups excluding carboxylic acids is 1. The zero-order valence-corrected chi connectivity index (χ0v) is 12.6. The molecule has 106 valence electrons. The minimum absolute atomic E-state index is 0.0304. The van der Waals surface area contributed by atoms with Gasteiger partial charge in [0.2, 0.25) is 0 Å². The van der Waals surface area contributed by atoms with Gasteiger partial charge in [0.05, 0.1) is 9.92 Å². The van der Waals surface area contributed by atoms with Crippen molar-refractivity contribution in [1.29, 1.82) is 0 Å². The summed E-state index contributed by atoms with van der Waals surface area (Å²) in [5, 5.41) is 0.218. The van der Waals surface area contributed by atoms with Crippen LogP contribution in [-0.2, 0) is 10.0 Å². The number of H-pyrrole nitrogens is 1. The maximum atomic E-state index is 12.1. The van der Waals surface area contributed by atoms with Crippen LogP contribution in [0.2, 0.25) is 10.2 Å². The highest BCUT2D eigenvalue weighted by Crippen LogP contribution is 2.22. The summed E-state index contributed by atoms with van der Waals surface area (Å²) in [6.07, 6.45) is 0. The predicted molar refractivity (Wildman–Crippen MR) is 76.6 cm³/mol. The molecule has 0 unspecified atom stereocenters. The summed E-state index contributed by atoms with van der Waals surface area (Å²) in [6.45, 7) is 1.64. The van der Waals surface area contributed by atoms with E-state index in [0.717, 1.165) is 0 Å². The fourth-order valence-electron chi connectivity index (χ4n) is 1.62. The monoisotopic (exact) mass is 332 g/mol. The van der Waals surface area contributed by atoms with Gasteiger partial charge in [0.25, 0.3) is 15.9 Å². The first-order valence-electron chi connectivity index (χ1n) is 5.48. The lowest BCUT2D eigenvalue weighted by molar-refractivity contribution is 0.0977. The highest BCUT2D eigenvalue weighted by Gasteiger charge is 2.21. The number of aromatic nitrogens is 1. The molecule has 0 saturated carbocycles. The number of aromatic amines is 1. The van der Waals surface area contributed by atoms with E-state index in [0.29, 0.717) is 5.56 Å². The zero-order valence-electron chi connectivity index (χ0n) is 10.3. The number of carbonyl (C=O) groups is 1. The Kier molecular flexibility index (Phi) is 4.08. The van der Waals surface area contributed by atoms with Crippen LogP contribution >= 0.6 is 23.2 Å². The summed E-state index contributed by atoms with van der Waals surface area (Å²) in [6, 6.07) is 7.60. The van der Waals surface area contributed by atoms with Gasteiger partial charge in [-0.2, -0.15) is 0 Å². The first-order chi connectivity index (χ1) is 9.31. The lowest BCUT2D eigenvalue weighted by Gasteiger charge is -2.08. The van der Waals surface area contributed by atoms with Crippen molar-refractivity contribution >= 4 is 39.1 Å². The van der Waals surface area contributed by atoms with Crippen molar-refractivity contribution in [3.63, 3.8) is 0 Å². The Bertz CT molecular complexity index is 749. The van der Waals surface area contributed by atoms with Crippen LogP contribution in [-0.4, -0.2) is 19.3 Å². The van der Waals surface area contributed by atoms with Crippen LogP contribution in [0.25, 0.3) is 0 Å². The highest BCUT2D eigenvalue weighted by atomic mass is 35.5. The number of hydrogen-bond acceptors (Lipinski definition) is 3. The Hall–Kier alpha value is -1.50. The molecule has 2 N–H and O–H groups in total. The van der Waals surface area contributed by atoms with Crippen molar-refractivity contribution in [3.05, 3.63) is 51.8 Å². The number of rotatable bonds is 3. The van der Waals surface area contributed by atoms with Gasteiger partial charge in [-0.05, 0) is 24.6 Å². The molecule has 0 radical (unpaired) electrons. The second kappa shape index (κ2) is 5.47. The predicted octanol–water partition coefficient (Wildman–Crippen LogP) is 2.75. The molecule has 2 rings (SSSR count). The molecule has 8 heteroatoms. The number of sulfonamides is 1. The minimum Gasteiger partial charge on any atom is -0.340 e. The number of halogens is 2. The Morgan fingerprint density at radius 2 is 1.90 bits per heavy atom. The maximum Gasteiger partial charge on any atom is 0.281 e. The molecule has 1 heterocycles. The maximum absolute atomic E-state index is 12.1. The van der Waals surface area contributed by atoms with Crippen LogP contribution < -0.4 is 4.72 Å². The molecule has 0 saturated heterocycles. The summed E-state index contributed by atoms with van der Waals surface area (Å²) < 4.78 is 26.2. The highest BCUT2D eigenvalue weighted by molar-refractivity contribution is 7.90. The van der Waals surface area contributed by atoms with Gasteiger partial charge < -0.3 is 4.98 Å². The molecule has 0 spiro atoms. The normalized spacial score (nSPS) is 11.3. The van der Waals surface area contributed by atoms with Gasteiger partial charge in [0.1, 0.15) is 10.8 Å². The van der Waals surface area contributed by atoms with E-state index in [-0.39, 0.29) is 20.8 Å². The molecule has 1 aromatic carbocycles. The van der Waals surface area contributed by atoms with Crippen LogP contribution in [0.3, 0.4) is 0 Å². The van der Waals surface area contributed by atoms with E-state index in [1.54, 1.807) is 25.1 Å². The summed E-state index contributed by atoms with van der Waals surface area (Å²) in [7, 11) is -3.95. The Morgan fingerprint density at radius 3 is 2.45 bits per heavy atom. The van der Waals surface area contributed by atoms with Gasteiger partial charge in [-0.25, -0.2) is 13.1 Å². The standard InChI is InChI=1S/C12H10Cl2N2O3S/c1-7-4-2-3-5-10(7)20(18,19)16-12(17)9-6-8(13)11(14)15-9/h2-6,15H,1H3,(H,16,17). The second-order valence-corrected chi connectivity index (χ2v) is 6.48. The second-order valence-electron chi connectivity index (χ2n) is 4.05. The summed E-state index contributed by atoms with van der Waals surface area (Å²) in [5.74, 6) is -0.831. The first-order valence-corrected chi connectivity index (χ1v) is 7.72. The van der Waals surface area contributed by atoms with Gasteiger partial charge in [-0.3, -0.25) is 4.79 Å². The van der Waals surface area contributed by atoms with E-state index in [2.05, 4.69) is 4.98 Å². The molecule has 1 aromatic heterocycles. The molecule has 0 atom stereocenters. The third kappa shape index (κ3) is 2.98. The largest absolute Gasteiger partial charge is 0.340 e. The van der Waals surface area contributed by atoms with E-state index in [1.807, 2.05) is 4.72 Å². The molecular weight excluding hydrogens is 323 g/mol. The minimum atomic E-state index is -3.95. The van der Waals surface area contributed by atoms with Crippen LogP contribution in [0.15, 0.2) is 35.2 Å². The van der Waals surface area contributed by atoms with E-state index in [9.17, 15) is 13.2 Å². The molecule has 0 aliphatic heterocycles. The molecule has 0 bridgehead atoms. The molecule has 0 aliphatic carbocycles. The molecule has 2 aromatic rings. The van der Waals surface area contributed by atoms with E-state index in [4.69, 9.17) is 23.2 Å². The molecule has 20 heavy (non-hydrogen) atoms. The molecular formula is C12H10Cl2N2O3S. The first kappa shape index (κ1) is 14.9. The van der Waals surface area contributed by atoms with Crippen molar-refractivity contribution in [2.45, 2.75) is 11.8 Å². The quantitative estimate of drug-likeness (QED) is 0.906. The van der Waals surface area contributed by atoms with E-state index >= 15 is 0 Å². The summed E-state index contributed by atoms with van der Waals surface area (Å²) in [5.41, 5.74) is 0.507. The van der Waals surface area contributed by atoms with Crippen LogP contribution in [0.5, 0.6) is 0 Å². The third-order valence-corrected chi connectivity index (χ3v) is 4.76.